The molecule has 1 heterocycles. The molecular formula is C5H6O2S2. The maximum Gasteiger partial charge on any atom is 0.213 e. The Kier molecular flexibility index (Phi) is 1.61. The Morgan fingerprint density at radius 3 is 1.56 bits per heavy atom. The molecule has 0 amide bonds. The van der Waals surface area contributed by atoms with E-state index in [1.807, 2.05) is 0 Å². The van der Waals surface area contributed by atoms with Gasteiger partial charge in [-0.2, -0.15) is 0 Å². The zero-order valence-corrected chi connectivity index (χ0v) is 6.77. The molecule has 1 aliphatic rings. The van der Waals surface area contributed by atoms with E-state index < -0.39 is 5.41 Å². The van der Waals surface area contributed by atoms with Crippen molar-refractivity contribution in [1.29, 1.82) is 0 Å². The van der Waals surface area contributed by atoms with E-state index in [0.29, 0.717) is 0 Å². The lowest BCUT2D eigenvalue weighted by atomic mass is 9.98. The maximum absolute atomic E-state index is 10.8. The lowest BCUT2D eigenvalue weighted by Crippen LogP contribution is -2.22. The van der Waals surface area contributed by atoms with Crippen molar-refractivity contribution in [2.24, 2.45) is 5.41 Å². The summed E-state index contributed by atoms with van der Waals surface area (Å²) in [6.07, 6.45) is 0. The Morgan fingerprint density at radius 2 is 1.44 bits per heavy atom. The Hall–Kier alpha value is 0.0400. The molecule has 0 unspecified atom stereocenters. The van der Waals surface area contributed by atoms with Crippen LogP contribution in [-0.4, -0.2) is 10.2 Å². The van der Waals surface area contributed by atoms with Gasteiger partial charge in [-0.3, -0.25) is 9.59 Å². The van der Waals surface area contributed by atoms with Crippen LogP contribution in [0.3, 0.4) is 0 Å². The summed E-state index contributed by atoms with van der Waals surface area (Å²) >= 11 is 0. The SMILES string of the molecule is CC1(C)C(=O)SSC1=O. The zero-order valence-electron chi connectivity index (χ0n) is 5.13. The summed E-state index contributed by atoms with van der Waals surface area (Å²) in [5.41, 5.74) is -0.741. The third kappa shape index (κ3) is 1.01. The molecule has 0 aromatic heterocycles. The van der Waals surface area contributed by atoms with Crippen molar-refractivity contribution < 1.29 is 9.59 Å². The highest BCUT2D eigenvalue weighted by Crippen LogP contribution is 2.45. The molecule has 0 aromatic rings. The van der Waals surface area contributed by atoms with Crippen molar-refractivity contribution in [2.45, 2.75) is 13.8 Å². The minimum absolute atomic E-state index is 0.0301. The zero-order chi connectivity index (χ0) is 7.07. The van der Waals surface area contributed by atoms with E-state index in [-0.39, 0.29) is 10.2 Å². The van der Waals surface area contributed by atoms with Gasteiger partial charge in [0.05, 0.1) is 0 Å². The highest BCUT2D eigenvalue weighted by Gasteiger charge is 2.43. The van der Waals surface area contributed by atoms with Gasteiger partial charge < -0.3 is 0 Å². The van der Waals surface area contributed by atoms with E-state index >= 15 is 0 Å². The molecule has 0 saturated carbocycles. The number of carbonyl (C=O) groups is 2. The normalized spacial score (nSPS) is 25.1. The third-order valence-corrected chi connectivity index (χ3v) is 3.78. The molecule has 2 nitrogen and oxygen atoms in total. The molecule has 0 radical (unpaired) electrons. The Labute approximate surface area is 61.2 Å². The van der Waals surface area contributed by atoms with Crippen LogP contribution >= 0.6 is 21.6 Å². The fraction of sp³-hybridized carbons (Fsp3) is 0.600. The predicted octanol–water partition coefficient (Wildman–Crippen LogP) is 1.46. The molecule has 1 fully saturated rings. The summed E-state index contributed by atoms with van der Waals surface area (Å²) in [6, 6.07) is 0. The quantitative estimate of drug-likeness (QED) is 0.399. The van der Waals surface area contributed by atoms with Gasteiger partial charge in [-0.05, 0) is 35.4 Å². The maximum atomic E-state index is 10.8. The first kappa shape index (κ1) is 7.15. The van der Waals surface area contributed by atoms with Gasteiger partial charge in [0.15, 0.2) is 0 Å². The molecule has 1 saturated heterocycles. The largest absolute Gasteiger partial charge is 0.285 e. The van der Waals surface area contributed by atoms with Crippen LogP contribution in [0.15, 0.2) is 0 Å². The van der Waals surface area contributed by atoms with Crippen molar-refractivity contribution >= 4 is 31.8 Å². The van der Waals surface area contributed by atoms with Gasteiger partial charge in [0.1, 0.15) is 5.41 Å². The minimum atomic E-state index is -0.741. The van der Waals surface area contributed by atoms with Crippen LogP contribution in [0.5, 0.6) is 0 Å². The number of hydrogen-bond donors (Lipinski definition) is 0. The van der Waals surface area contributed by atoms with Gasteiger partial charge in [0.25, 0.3) is 0 Å². The molecule has 0 spiro atoms. The average Bonchev–Trinajstić information content (AvgIpc) is 1.96. The summed E-state index contributed by atoms with van der Waals surface area (Å²) in [6.45, 7) is 3.31. The fourth-order valence-electron chi connectivity index (χ4n) is 0.367. The monoisotopic (exact) mass is 162 g/mol. The second-order valence-electron chi connectivity index (χ2n) is 2.37. The van der Waals surface area contributed by atoms with E-state index in [2.05, 4.69) is 0 Å². The smallest absolute Gasteiger partial charge is 0.213 e. The Morgan fingerprint density at radius 1 is 1.11 bits per heavy atom. The molecular weight excluding hydrogens is 156 g/mol. The molecule has 0 atom stereocenters. The van der Waals surface area contributed by atoms with Crippen molar-refractivity contribution in [3.8, 4) is 0 Å². The molecule has 9 heavy (non-hydrogen) atoms. The van der Waals surface area contributed by atoms with Gasteiger partial charge in [-0.25, -0.2) is 0 Å². The van der Waals surface area contributed by atoms with E-state index in [0.717, 1.165) is 21.6 Å². The fourth-order valence-corrected chi connectivity index (χ4v) is 2.89. The average molecular weight is 162 g/mol. The summed E-state index contributed by atoms with van der Waals surface area (Å²) in [5, 5.41) is -0.0602. The number of rotatable bonds is 0. The standard InChI is InChI=1S/C5H6O2S2/c1-5(2)3(6)8-9-4(5)7/h1-2H3. The number of hydrogen-bond acceptors (Lipinski definition) is 4. The summed E-state index contributed by atoms with van der Waals surface area (Å²) in [4.78, 5) is 21.7. The van der Waals surface area contributed by atoms with Crippen molar-refractivity contribution in [2.75, 3.05) is 0 Å². The molecule has 0 N–H and O–H groups in total. The van der Waals surface area contributed by atoms with Gasteiger partial charge >= 0.3 is 0 Å². The molecule has 50 valence electrons. The molecule has 1 rings (SSSR count). The van der Waals surface area contributed by atoms with E-state index in [4.69, 9.17) is 0 Å². The van der Waals surface area contributed by atoms with Gasteiger partial charge in [0.2, 0.25) is 10.2 Å². The first-order chi connectivity index (χ1) is 4.05. The van der Waals surface area contributed by atoms with E-state index in [1.54, 1.807) is 13.8 Å². The lowest BCUT2D eigenvalue weighted by Gasteiger charge is -2.07. The summed E-state index contributed by atoms with van der Waals surface area (Å²) < 4.78 is 0. The summed E-state index contributed by atoms with van der Waals surface area (Å²) in [7, 11) is 2.08. The lowest BCUT2D eigenvalue weighted by molar-refractivity contribution is -0.127. The van der Waals surface area contributed by atoms with Crippen LogP contribution < -0.4 is 0 Å². The van der Waals surface area contributed by atoms with Crippen LogP contribution in [0.1, 0.15) is 13.8 Å². The van der Waals surface area contributed by atoms with Gasteiger partial charge in [-0.1, -0.05) is 0 Å². The van der Waals surface area contributed by atoms with Crippen LogP contribution in [0.25, 0.3) is 0 Å². The van der Waals surface area contributed by atoms with Gasteiger partial charge in [-0.15, -0.1) is 0 Å². The summed E-state index contributed by atoms with van der Waals surface area (Å²) in [5.74, 6) is 0. The second-order valence-corrected chi connectivity index (χ2v) is 4.44. The molecule has 0 bridgehead atoms. The van der Waals surface area contributed by atoms with Crippen LogP contribution in [0, 0.1) is 5.41 Å². The second kappa shape index (κ2) is 2.02. The van der Waals surface area contributed by atoms with E-state index in [9.17, 15) is 9.59 Å². The molecule has 0 aliphatic carbocycles. The van der Waals surface area contributed by atoms with Crippen LogP contribution in [0.4, 0.5) is 0 Å². The predicted molar refractivity (Wildman–Crippen MR) is 39.0 cm³/mol. The van der Waals surface area contributed by atoms with E-state index in [1.165, 1.54) is 0 Å². The minimum Gasteiger partial charge on any atom is -0.285 e. The van der Waals surface area contributed by atoms with Crippen molar-refractivity contribution in [1.82, 2.24) is 0 Å². The highest BCUT2D eigenvalue weighted by atomic mass is 33.1. The molecule has 0 aromatic carbocycles. The molecule has 4 heteroatoms. The highest BCUT2D eigenvalue weighted by molar-refractivity contribution is 8.88. The van der Waals surface area contributed by atoms with Crippen LogP contribution in [-0.2, 0) is 9.59 Å². The first-order valence-corrected chi connectivity index (χ1v) is 4.63. The molecule has 1 aliphatic heterocycles. The van der Waals surface area contributed by atoms with Crippen molar-refractivity contribution in [3.05, 3.63) is 0 Å². The number of carbonyl (C=O) groups excluding carboxylic acids is 2. The Bertz CT molecular complexity index is 156. The first-order valence-electron chi connectivity index (χ1n) is 2.48. The van der Waals surface area contributed by atoms with Gasteiger partial charge in [0, 0.05) is 0 Å². The Balaban J connectivity index is 2.91. The topological polar surface area (TPSA) is 34.1 Å². The third-order valence-electron chi connectivity index (χ3n) is 1.21. The van der Waals surface area contributed by atoms with Crippen LogP contribution in [0.2, 0.25) is 0 Å². The van der Waals surface area contributed by atoms with Crippen molar-refractivity contribution in [3.63, 3.8) is 0 Å².